The van der Waals surface area contributed by atoms with E-state index in [1.807, 2.05) is 38.0 Å². The number of nitrogens with zero attached hydrogens (tertiary/aromatic N) is 3. The van der Waals surface area contributed by atoms with Crippen molar-refractivity contribution in [2.75, 3.05) is 35.3 Å². The molecule has 0 aliphatic carbocycles. The Labute approximate surface area is 113 Å². The first kappa shape index (κ1) is 15.1. The molecule has 1 aromatic rings. The highest BCUT2D eigenvalue weighted by Gasteiger charge is 2.15. The molecule has 106 valence electrons. The van der Waals surface area contributed by atoms with Crippen LogP contribution in [0.3, 0.4) is 0 Å². The number of aliphatic imine (C=N–C) groups is 1. The van der Waals surface area contributed by atoms with Crippen molar-refractivity contribution in [2.24, 2.45) is 4.99 Å². The third-order valence-electron chi connectivity index (χ3n) is 2.55. The highest BCUT2D eigenvalue weighted by molar-refractivity contribution is 5.90. The Kier molecular flexibility index (Phi) is 4.97. The smallest absolute Gasteiger partial charge is 0.341 e. The Morgan fingerprint density at radius 3 is 2.37 bits per heavy atom. The SMILES string of the molecule is COC(=O)c1cc(CN=C(N(C)C)N(C)C)oc1C. The third kappa shape index (κ3) is 3.74. The molecule has 0 aliphatic heterocycles. The van der Waals surface area contributed by atoms with Gasteiger partial charge in [0, 0.05) is 28.2 Å². The van der Waals surface area contributed by atoms with Gasteiger partial charge in [0.2, 0.25) is 0 Å². The van der Waals surface area contributed by atoms with E-state index in [9.17, 15) is 4.79 Å². The fraction of sp³-hybridized carbons (Fsp3) is 0.538. The minimum atomic E-state index is -0.392. The molecule has 6 heteroatoms. The van der Waals surface area contributed by atoms with Gasteiger partial charge in [0.05, 0.1) is 7.11 Å². The molecule has 0 fully saturated rings. The fourth-order valence-electron chi connectivity index (χ4n) is 1.77. The lowest BCUT2D eigenvalue weighted by Gasteiger charge is -2.22. The highest BCUT2D eigenvalue weighted by atomic mass is 16.5. The summed E-state index contributed by atoms with van der Waals surface area (Å²) in [6.45, 7) is 2.11. The number of carbonyl (C=O) groups is 1. The van der Waals surface area contributed by atoms with Crippen molar-refractivity contribution < 1.29 is 13.9 Å². The Balaban J connectivity index is 2.89. The van der Waals surface area contributed by atoms with E-state index < -0.39 is 5.97 Å². The molecular weight excluding hydrogens is 246 g/mol. The number of hydrogen-bond acceptors (Lipinski definition) is 4. The van der Waals surface area contributed by atoms with Crippen LogP contribution in [0.4, 0.5) is 0 Å². The summed E-state index contributed by atoms with van der Waals surface area (Å²) >= 11 is 0. The maximum atomic E-state index is 11.5. The lowest BCUT2D eigenvalue weighted by Crippen LogP contribution is -2.35. The zero-order valence-electron chi connectivity index (χ0n) is 12.4. The van der Waals surface area contributed by atoms with E-state index in [1.54, 1.807) is 13.0 Å². The van der Waals surface area contributed by atoms with Crippen molar-refractivity contribution in [1.82, 2.24) is 9.80 Å². The Morgan fingerprint density at radius 2 is 1.89 bits per heavy atom. The largest absolute Gasteiger partial charge is 0.465 e. The van der Waals surface area contributed by atoms with Gasteiger partial charge >= 0.3 is 5.97 Å². The first-order valence-corrected chi connectivity index (χ1v) is 5.93. The molecule has 1 aromatic heterocycles. The first-order chi connectivity index (χ1) is 8.86. The van der Waals surface area contributed by atoms with Gasteiger partial charge in [-0.25, -0.2) is 9.79 Å². The van der Waals surface area contributed by atoms with Gasteiger partial charge in [-0.05, 0) is 13.0 Å². The van der Waals surface area contributed by atoms with Gasteiger partial charge in [-0.3, -0.25) is 0 Å². The predicted molar refractivity (Wildman–Crippen MR) is 73.3 cm³/mol. The average Bonchev–Trinajstić information content (AvgIpc) is 2.69. The summed E-state index contributed by atoms with van der Waals surface area (Å²) in [6, 6.07) is 1.67. The van der Waals surface area contributed by atoms with Gasteiger partial charge in [-0.2, -0.15) is 0 Å². The number of guanidine groups is 1. The molecule has 0 saturated heterocycles. The molecule has 0 saturated carbocycles. The molecule has 0 N–H and O–H groups in total. The second-order valence-corrected chi connectivity index (χ2v) is 4.58. The van der Waals surface area contributed by atoms with E-state index in [-0.39, 0.29) is 0 Å². The predicted octanol–water partition coefficient (Wildman–Crippen LogP) is 1.35. The molecule has 0 radical (unpaired) electrons. The monoisotopic (exact) mass is 267 g/mol. The number of furan rings is 1. The second-order valence-electron chi connectivity index (χ2n) is 4.58. The molecular formula is C13H21N3O3. The summed E-state index contributed by atoms with van der Waals surface area (Å²) in [4.78, 5) is 19.8. The highest BCUT2D eigenvalue weighted by Crippen LogP contribution is 2.16. The fourth-order valence-corrected chi connectivity index (χ4v) is 1.77. The summed E-state index contributed by atoms with van der Waals surface area (Å²) in [5.74, 6) is 1.62. The van der Waals surface area contributed by atoms with Crippen molar-refractivity contribution in [3.05, 3.63) is 23.2 Å². The maximum absolute atomic E-state index is 11.5. The lowest BCUT2D eigenvalue weighted by molar-refractivity contribution is 0.0599. The number of aryl methyl sites for hydroxylation is 1. The molecule has 0 aromatic carbocycles. The zero-order valence-corrected chi connectivity index (χ0v) is 12.4. The second kappa shape index (κ2) is 6.26. The van der Waals surface area contributed by atoms with E-state index >= 15 is 0 Å². The Bertz CT molecular complexity index is 465. The Morgan fingerprint density at radius 1 is 1.32 bits per heavy atom. The van der Waals surface area contributed by atoms with Crippen LogP contribution in [0.2, 0.25) is 0 Å². The van der Waals surface area contributed by atoms with Crippen molar-refractivity contribution in [3.63, 3.8) is 0 Å². The van der Waals surface area contributed by atoms with E-state index in [4.69, 9.17) is 4.42 Å². The van der Waals surface area contributed by atoms with Gasteiger partial charge in [-0.15, -0.1) is 0 Å². The Hall–Kier alpha value is -1.98. The summed E-state index contributed by atoms with van der Waals surface area (Å²) in [6.07, 6.45) is 0. The molecule has 0 bridgehead atoms. The summed E-state index contributed by atoms with van der Waals surface area (Å²) < 4.78 is 10.2. The number of methoxy groups -OCH3 is 1. The number of hydrogen-bond donors (Lipinski definition) is 0. The molecule has 0 amide bonds. The van der Waals surface area contributed by atoms with Crippen LogP contribution in [-0.4, -0.2) is 57.0 Å². The molecule has 1 rings (SSSR count). The number of esters is 1. The van der Waals surface area contributed by atoms with Gasteiger partial charge in [0.25, 0.3) is 0 Å². The van der Waals surface area contributed by atoms with Crippen LogP contribution >= 0.6 is 0 Å². The minimum Gasteiger partial charge on any atom is -0.465 e. The lowest BCUT2D eigenvalue weighted by atomic mass is 10.2. The number of ether oxygens (including phenoxy) is 1. The van der Waals surface area contributed by atoms with Gasteiger partial charge in [0.1, 0.15) is 23.6 Å². The maximum Gasteiger partial charge on any atom is 0.341 e. The quantitative estimate of drug-likeness (QED) is 0.470. The zero-order chi connectivity index (χ0) is 14.6. The molecule has 0 unspecified atom stereocenters. The van der Waals surface area contributed by atoms with Crippen LogP contribution < -0.4 is 0 Å². The number of carbonyl (C=O) groups excluding carboxylic acids is 1. The normalized spacial score (nSPS) is 10.0. The van der Waals surface area contributed by atoms with Crippen molar-refractivity contribution >= 4 is 11.9 Å². The first-order valence-electron chi connectivity index (χ1n) is 5.93. The molecule has 0 atom stereocenters. The van der Waals surface area contributed by atoms with Crippen LogP contribution in [0, 0.1) is 6.92 Å². The van der Waals surface area contributed by atoms with Crippen molar-refractivity contribution in [1.29, 1.82) is 0 Å². The van der Waals surface area contributed by atoms with Crippen LogP contribution in [0.1, 0.15) is 21.9 Å². The van der Waals surface area contributed by atoms with Crippen LogP contribution in [0.5, 0.6) is 0 Å². The van der Waals surface area contributed by atoms with Crippen molar-refractivity contribution in [3.8, 4) is 0 Å². The van der Waals surface area contributed by atoms with E-state index in [1.165, 1.54) is 7.11 Å². The van der Waals surface area contributed by atoms with Crippen LogP contribution in [0.15, 0.2) is 15.5 Å². The van der Waals surface area contributed by atoms with E-state index in [2.05, 4.69) is 9.73 Å². The topological polar surface area (TPSA) is 58.3 Å². The van der Waals surface area contributed by atoms with Gasteiger partial charge in [-0.1, -0.05) is 0 Å². The molecule has 0 spiro atoms. The molecule has 0 aliphatic rings. The molecule has 1 heterocycles. The summed E-state index contributed by atoms with van der Waals surface area (Å²) in [7, 11) is 9.04. The summed E-state index contributed by atoms with van der Waals surface area (Å²) in [5.41, 5.74) is 0.448. The molecule has 19 heavy (non-hydrogen) atoms. The number of rotatable bonds is 3. The minimum absolute atomic E-state index is 0.378. The summed E-state index contributed by atoms with van der Waals surface area (Å²) in [5, 5.41) is 0. The van der Waals surface area contributed by atoms with Crippen molar-refractivity contribution in [2.45, 2.75) is 13.5 Å². The standard InChI is InChI=1S/C13H21N3O3/c1-9-11(12(17)18-6)7-10(19-9)8-14-13(15(2)3)16(4)5/h7H,8H2,1-6H3. The van der Waals surface area contributed by atoms with Crippen LogP contribution in [0.25, 0.3) is 0 Å². The van der Waals surface area contributed by atoms with Gasteiger partial charge < -0.3 is 19.0 Å². The molecule has 6 nitrogen and oxygen atoms in total. The van der Waals surface area contributed by atoms with Crippen LogP contribution in [-0.2, 0) is 11.3 Å². The van der Waals surface area contributed by atoms with E-state index in [0.717, 1.165) is 5.96 Å². The van der Waals surface area contributed by atoms with Gasteiger partial charge in [0.15, 0.2) is 5.96 Å². The average molecular weight is 267 g/mol. The third-order valence-corrected chi connectivity index (χ3v) is 2.55. The van der Waals surface area contributed by atoms with E-state index in [0.29, 0.717) is 23.6 Å².